The molecule has 0 aliphatic carbocycles. The number of carbonyl (C=O) groups is 1. The van der Waals surface area contributed by atoms with E-state index in [1.807, 2.05) is 0 Å². The Hall–Kier alpha value is -1.37. The summed E-state index contributed by atoms with van der Waals surface area (Å²) in [6, 6.07) is 0. The zero-order valence-corrected chi connectivity index (χ0v) is 9.70. The van der Waals surface area contributed by atoms with E-state index in [1.165, 1.54) is 20.8 Å². The van der Waals surface area contributed by atoms with Crippen LogP contribution in [0.15, 0.2) is 12.0 Å². The first kappa shape index (κ1) is 13.7. The van der Waals surface area contributed by atoms with E-state index < -0.39 is 29.5 Å². The number of ether oxygens (including phenoxy) is 3. The molecule has 1 aliphatic heterocycles. The Morgan fingerprint density at radius 1 is 1.65 bits per heavy atom. The zero-order valence-electron chi connectivity index (χ0n) is 9.70. The number of aliphatic hydroxyl groups is 1. The predicted molar refractivity (Wildman–Crippen MR) is 51.9 cm³/mol. The monoisotopic (exact) mass is 252 g/mol. The fourth-order valence-corrected chi connectivity index (χ4v) is 1.17. The summed E-state index contributed by atoms with van der Waals surface area (Å²) in [5.41, 5.74) is 0. The van der Waals surface area contributed by atoms with Crippen LogP contribution < -0.4 is 0 Å². The van der Waals surface area contributed by atoms with Gasteiger partial charge in [0.05, 0.1) is 6.61 Å². The minimum Gasteiger partial charge on any atom is -0.461 e. The summed E-state index contributed by atoms with van der Waals surface area (Å²) in [6.07, 6.45) is -1.57. The van der Waals surface area contributed by atoms with E-state index in [9.17, 15) is 18.7 Å². The lowest BCUT2D eigenvalue weighted by Crippen LogP contribution is -2.44. The van der Waals surface area contributed by atoms with Crippen LogP contribution in [0.4, 0.5) is 8.78 Å². The molecule has 17 heavy (non-hydrogen) atoms. The second-order valence-electron chi connectivity index (χ2n) is 3.89. The van der Waals surface area contributed by atoms with Crippen molar-refractivity contribution in [3.8, 4) is 0 Å². The van der Waals surface area contributed by atoms with E-state index >= 15 is 0 Å². The van der Waals surface area contributed by atoms with Gasteiger partial charge in [0.25, 0.3) is 0 Å². The molecule has 0 aromatic rings. The second kappa shape index (κ2) is 4.48. The van der Waals surface area contributed by atoms with Gasteiger partial charge in [-0.1, -0.05) is 0 Å². The molecule has 0 spiro atoms. The zero-order chi connectivity index (χ0) is 13.3. The Morgan fingerprint density at radius 2 is 2.24 bits per heavy atom. The summed E-state index contributed by atoms with van der Waals surface area (Å²) >= 11 is 0. The van der Waals surface area contributed by atoms with Crippen molar-refractivity contribution in [1.29, 1.82) is 0 Å². The molecule has 1 rings (SSSR count). The highest BCUT2D eigenvalue weighted by atomic mass is 19.3. The molecule has 5 nitrogen and oxygen atoms in total. The maximum atomic E-state index is 13.4. The number of carbonyl (C=O) groups excluding carboxylic acids is 1. The van der Waals surface area contributed by atoms with Crippen LogP contribution in [0.2, 0.25) is 0 Å². The molecule has 1 heterocycles. The first-order chi connectivity index (χ1) is 7.70. The fraction of sp³-hybridized carbons (Fsp3) is 0.700. The lowest BCUT2D eigenvalue weighted by Gasteiger charge is -2.23. The number of aliphatic hydroxyl groups excluding tert-OH is 1. The van der Waals surface area contributed by atoms with Gasteiger partial charge in [-0.25, -0.2) is 4.79 Å². The van der Waals surface area contributed by atoms with Crippen LogP contribution in [-0.4, -0.2) is 35.5 Å². The molecule has 7 heteroatoms. The number of rotatable bonds is 4. The van der Waals surface area contributed by atoms with Crippen molar-refractivity contribution in [3.05, 3.63) is 12.0 Å². The van der Waals surface area contributed by atoms with Gasteiger partial charge in [-0.05, 0) is 6.92 Å². The summed E-state index contributed by atoms with van der Waals surface area (Å²) in [6.45, 7) is 4.14. The van der Waals surface area contributed by atoms with Crippen molar-refractivity contribution < 1.29 is 32.9 Å². The summed E-state index contributed by atoms with van der Waals surface area (Å²) in [4.78, 5) is 11.0. The van der Waals surface area contributed by atoms with Gasteiger partial charge < -0.3 is 19.3 Å². The topological polar surface area (TPSA) is 65.0 Å². The summed E-state index contributed by atoms with van der Waals surface area (Å²) in [7, 11) is 0. The van der Waals surface area contributed by atoms with E-state index in [-0.39, 0.29) is 6.61 Å². The minimum absolute atomic E-state index is 0.205. The Labute approximate surface area is 97.0 Å². The normalized spacial score (nSPS) is 20.0. The molecule has 0 aromatic heterocycles. The molecule has 0 saturated heterocycles. The second-order valence-corrected chi connectivity index (χ2v) is 3.89. The smallest absolute Gasteiger partial charge is 0.380 e. The van der Waals surface area contributed by atoms with Gasteiger partial charge in [0.15, 0.2) is 11.9 Å². The average Bonchev–Trinajstić information content (AvgIpc) is 2.58. The molecule has 0 bridgehead atoms. The Bertz CT molecular complexity index is 338. The summed E-state index contributed by atoms with van der Waals surface area (Å²) in [5, 5.41) is 9.38. The maximum absolute atomic E-state index is 13.4. The van der Waals surface area contributed by atoms with E-state index in [2.05, 4.69) is 4.74 Å². The number of halogens is 2. The predicted octanol–water partition coefficient (Wildman–Crippen LogP) is 1.17. The van der Waals surface area contributed by atoms with Crippen LogP contribution in [0.5, 0.6) is 0 Å². The van der Waals surface area contributed by atoms with Crippen molar-refractivity contribution in [1.82, 2.24) is 0 Å². The molecule has 1 atom stereocenters. The van der Waals surface area contributed by atoms with Gasteiger partial charge in [-0.3, -0.25) is 0 Å². The molecule has 0 radical (unpaired) electrons. The third-order valence-corrected chi connectivity index (χ3v) is 1.98. The van der Waals surface area contributed by atoms with Crippen LogP contribution in [0.1, 0.15) is 20.8 Å². The lowest BCUT2D eigenvalue weighted by molar-refractivity contribution is -0.192. The number of hydrogen-bond donors (Lipinski definition) is 1. The highest BCUT2D eigenvalue weighted by molar-refractivity contribution is 5.78. The first-order valence-corrected chi connectivity index (χ1v) is 5.00. The Kier molecular flexibility index (Phi) is 3.61. The lowest BCUT2D eigenvalue weighted by atomic mass is 10.1. The molecule has 0 aromatic carbocycles. The van der Waals surface area contributed by atoms with Crippen LogP contribution in [0.3, 0.4) is 0 Å². The molecule has 0 fully saturated rings. The SMILES string of the molecule is CCOC(=O)C(F)(F)C(O)C1=COC(C)(C)O1. The average molecular weight is 252 g/mol. The van der Waals surface area contributed by atoms with Gasteiger partial charge in [-0.15, -0.1) is 0 Å². The maximum Gasteiger partial charge on any atom is 0.380 e. The molecular formula is C10H14F2O5. The van der Waals surface area contributed by atoms with Crippen LogP contribution >= 0.6 is 0 Å². The van der Waals surface area contributed by atoms with Gasteiger partial charge >= 0.3 is 11.9 Å². The summed E-state index contributed by atoms with van der Waals surface area (Å²) in [5.74, 6) is -7.53. The molecule has 1 N–H and O–H groups in total. The molecular weight excluding hydrogens is 238 g/mol. The largest absolute Gasteiger partial charge is 0.461 e. The van der Waals surface area contributed by atoms with Gasteiger partial charge in [0.2, 0.25) is 5.79 Å². The minimum atomic E-state index is -4.08. The first-order valence-electron chi connectivity index (χ1n) is 5.00. The quantitative estimate of drug-likeness (QED) is 0.761. The third-order valence-electron chi connectivity index (χ3n) is 1.98. The van der Waals surface area contributed by atoms with Gasteiger partial charge in [0, 0.05) is 13.8 Å². The highest BCUT2D eigenvalue weighted by Crippen LogP contribution is 2.33. The van der Waals surface area contributed by atoms with Crippen molar-refractivity contribution in [2.24, 2.45) is 0 Å². The number of esters is 1. The standard InChI is InChI=1S/C10H14F2O5/c1-4-15-8(14)10(11,12)7(13)6-5-16-9(2,3)17-6/h5,7,13H,4H2,1-3H3. The van der Waals surface area contributed by atoms with E-state index in [1.54, 1.807) is 0 Å². The van der Waals surface area contributed by atoms with Crippen LogP contribution in [-0.2, 0) is 19.0 Å². The van der Waals surface area contributed by atoms with E-state index in [0.29, 0.717) is 0 Å². The number of hydrogen-bond acceptors (Lipinski definition) is 5. The molecule has 0 amide bonds. The Balaban J connectivity index is 2.76. The van der Waals surface area contributed by atoms with Crippen LogP contribution in [0, 0.1) is 0 Å². The highest BCUT2D eigenvalue weighted by Gasteiger charge is 2.53. The van der Waals surface area contributed by atoms with Crippen LogP contribution in [0.25, 0.3) is 0 Å². The van der Waals surface area contributed by atoms with Crippen molar-refractivity contribution in [2.75, 3.05) is 6.61 Å². The van der Waals surface area contributed by atoms with Gasteiger partial charge in [-0.2, -0.15) is 8.78 Å². The molecule has 0 saturated carbocycles. The molecule has 98 valence electrons. The number of alkyl halides is 2. The van der Waals surface area contributed by atoms with Gasteiger partial charge in [0.1, 0.15) is 6.26 Å². The van der Waals surface area contributed by atoms with Crippen molar-refractivity contribution in [3.63, 3.8) is 0 Å². The van der Waals surface area contributed by atoms with E-state index in [0.717, 1.165) is 6.26 Å². The van der Waals surface area contributed by atoms with Crippen molar-refractivity contribution in [2.45, 2.75) is 38.6 Å². The van der Waals surface area contributed by atoms with Crippen molar-refractivity contribution >= 4 is 5.97 Å². The molecule has 1 unspecified atom stereocenters. The third kappa shape index (κ3) is 2.85. The van der Waals surface area contributed by atoms with E-state index in [4.69, 9.17) is 9.47 Å². The Morgan fingerprint density at radius 3 is 2.65 bits per heavy atom. The fourth-order valence-electron chi connectivity index (χ4n) is 1.17. The summed E-state index contributed by atoms with van der Waals surface area (Å²) < 4.78 is 40.8. The molecule has 1 aliphatic rings.